The summed E-state index contributed by atoms with van der Waals surface area (Å²) in [5, 5.41) is 0. The quantitative estimate of drug-likeness (QED) is 0.325. The lowest BCUT2D eigenvalue weighted by atomic mass is 10.1. The average molecular weight is 552 g/mol. The first kappa shape index (κ1) is 26.4. The minimum atomic E-state index is -0.251. The molecule has 2 aromatic heterocycles. The lowest BCUT2D eigenvalue weighted by molar-refractivity contribution is -0.122. The minimum Gasteiger partial charge on any atom is -0.366 e. The van der Waals surface area contributed by atoms with Crippen molar-refractivity contribution >= 4 is 57.4 Å². The van der Waals surface area contributed by atoms with Crippen molar-refractivity contribution in [3.8, 4) is 0 Å². The van der Waals surface area contributed by atoms with Crippen molar-refractivity contribution < 1.29 is 9.18 Å². The highest BCUT2D eigenvalue weighted by Crippen LogP contribution is 2.34. The summed E-state index contributed by atoms with van der Waals surface area (Å²) < 4.78 is 16.4. The van der Waals surface area contributed by atoms with Gasteiger partial charge in [-0.05, 0) is 49.1 Å². The van der Waals surface area contributed by atoms with Gasteiger partial charge in [-0.25, -0.2) is 9.37 Å². The van der Waals surface area contributed by atoms with Crippen LogP contribution in [-0.2, 0) is 4.79 Å². The Morgan fingerprint density at radius 2 is 1.79 bits per heavy atom. The number of aromatic nitrogens is 2. The molecule has 0 atom stereocenters. The highest BCUT2D eigenvalue weighted by Gasteiger charge is 2.33. The third-order valence-electron chi connectivity index (χ3n) is 6.84. The Balaban J connectivity index is 1.51. The topological polar surface area (TPSA) is 61.2 Å². The summed E-state index contributed by atoms with van der Waals surface area (Å²) in [7, 11) is 0. The molecular formula is C28H30FN5O2S2. The number of hydrogen-bond acceptors (Lipinski definition) is 7. The molecule has 2 aliphatic heterocycles. The molecule has 1 amide bonds. The molecule has 0 spiro atoms. The number of fused-ring (bicyclic) bond motifs is 1. The van der Waals surface area contributed by atoms with E-state index >= 15 is 0 Å². The molecule has 0 N–H and O–H groups in total. The summed E-state index contributed by atoms with van der Waals surface area (Å²) in [6, 6.07) is 10.5. The summed E-state index contributed by atoms with van der Waals surface area (Å²) in [6.45, 7) is 8.95. The van der Waals surface area contributed by atoms with Gasteiger partial charge in [0, 0.05) is 38.9 Å². The molecule has 0 aliphatic carbocycles. The van der Waals surface area contributed by atoms with Gasteiger partial charge in [-0.2, -0.15) is 0 Å². The first-order valence-electron chi connectivity index (χ1n) is 12.8. The second-order valence-corrected chi connectivity index (χ2v) is 11.7. The van der Waals surface area contributed by atoms with Crippen LogP contribution in [-0.4, -0.2) is 57.2 Å². The number of anilines is 2. The maximum absolute atomic E-state index is 14.4. The molecule has 4 heterocycles. The number of carbonyl (C=O) groups is 1. The van der Waals surface area contributed by atoms with E-state index in [1.165, 1.54) is 22.2 Å². The first-order valence-corrected chi connectivity index (χ1v) is 14.0. The van der Waals surface area contributed by atoms with E-state index in [2.05, 4.69) is 13.8 Å². The normalized spacial score (nSPS) is 17.5. The van der Waals surface area contributed by atoms with E-state index in [9.17, 15) is 14.0 Å². The fourth-order valence-corrected chi connectivity index (χ4v) is 5.98. The van der Waals surface area contributed by atoms with E-state index in [4.69, 9.17) is 17.2 Å². The van der Waals surface area contributed by atoms with Crippen molar-refractivity contribution in [1.29, 1.82) is 0 Å². The predicted molar refractivity (Wildman–Crippen MR) is 156 cm³/mol. The molecule has 0 bridgehead atoms. The van der Waals surface area contributed by atoms with Gasteiger partial charge in [0.05, 0.1) is 16.2 Å². The summed E-state index contributed by atoms with van der Waals surface area (Å²) in [5.74, 6) is 0.540. The molecule has 0 radical (unpaired) electrons. The Morgan fingerprint density at radius 3 is 2.50 bits per heavy atom. The number of rotatable bonds is 6. The van der Waals surface area contributed by atoms with Crippen LogP contribution in [0, 0.1) is 18.7 Å². The van der Waals surface area contributed by atoms with Crippen LogP contribution in [0.25, 0.3) is 11.7 Å². The maximum atomic E-state index is 14.4. The van der Waals surface area contributed by atoms with Crippen LogP contribution in [0.3, 0.4) is 0 Å². The molecule has 38 heavy (non-hydrogen) atoms. The second-order valence-electron chi connectivity index (χ2n) is 10.0. The van der Waals surface area contributed by atoms with Crippen LogP contribution in [0.4, 0.5) is 15.9 Å². The van der Waals surface area contributed by atoms with Gasteiger partial charge in [0.25, 0.3) is 11.5 Å². The van der Waals surface area contributed by atoms with Crippen LogP contribution in [0.15, 0.2) is 52.3 Å². The number of halogens is 1. The van der Waals surface area contributed by atoms with Gasteiger partial charge in [-0.15, -0.1) is 0 Å². The van der Waals surface area contributed by atoms with E-state index in [1.807, 2.05) is 34.9 Å². The number of hydrogen-bond donors (Lipinski definition) is 0. The van der Waals surface area contributed by atoms with Crippen molar-refractivity contribution in [2.75, 3.05) is 42.5 Å². The molecule has 7 nitrogen and oxygen atoms in total. The van der Waals surface area contributed by atoms with Gasteiger partial charge in [0.2, 0.25) is 0 Å². The molecule has 2 saturated heterocycles. The van der Waals surface area contributed by atoms with Gasteiger partial charge < -0.3 is 9.80 Å². The molecular weight excluding hydrogens is 521 g/mol. The Bertz CT molecular complexity index is 1490. The molecule has 1 aromatic carbocycles. The number of amides is 1. The van der Waals surface area contributed by atoms with Crippen LogP contribution < -0.4 is 15.4 Å². The average Bonchev–Trinajstić information content (AvgIpc) is 3.16. The molecule has 0 unspecified atom stereocenters. The molecule has 5 rings (SSSR count). The van der Waals surface area contributed by atoms with Crippen molar-refractivity contribution in [3.63, 3.8) is 0 Å². The number of thioether (sulfide) groups is 1. The zero-order valence-corrected chi connectivity index (χ0v) is 23.3. The summed E-state index contributed by atoms with van der Waals surface area (Å²) in [4.78, 5) is 38.0. The summed E-state index contributed by atoms with van der Waals surface area (Å²) in [5.41, 5.74) is 2.15. The number of piperazine rings is 1. The fourth-order valence-electron chi connectivity index (χ4n) is 4.69. The number of para-hydroxylation sites is 1. The number of thiocarbonyl (C=S) groups is 1. The van der Waals surface area contributed by atoms with E-state index in [-0.39, 0.29) is 17.3 Å². The molecule has 2 fully saturated rings. The highest BCUT2D eigenvalue weighted by atomic mass is 32.2. The van der Waals surface area contributed by atoms with Gasteiger partial charge in [-0.3, -0.25) is 18.9 Å². The standard InChI is InChI=1S/C28H30FN5O2S2/c1-18(2)10-11-33-27(36)23(38-28(33)37)16-20-25(30-24-9-8-19(3)17-34(24)26(20)35)32-14-12-31(13-15-32)22-7-5-4-6-21(22)29/h4-9,16-18H,10-15H2,1-3H3. The van der Waals surface area contributed by atoms with E-state index in [1.54, 1.807) is 29.3 Å². The third-order valence-corrected chi connectivity index (χ3v) is 8.21. The van der Waals surface area contributed by atoms with Crippen LogP contribution >= 0.6 is 24.0 Å². The molecule has 2 aliphatic rings. The van der Waals surface area contributed by atoms with Gasteiger partial charge in [0.1, 0.15) is 21.6 Å². The SMILES string of the molecule is Cc1ccc2nc(N3CCN(c4ccccc4F)CC3)c(C=C3SC(=S)N(CCC(C)C)C3=O)c(=O)n2c1. The van der Waals surface area contributed by atoms with Crippen LogP contribution in [0.1, 0.15) is 31.4 Å². The lowest BCUT2D eigenvalue weighted by Gasteiger charge is -2.37. The lowest BCUT2D eigenvalue weighted by Crippen LogP contribution is -2.47. The van der Waals surface area contributed by atoms with E-state index in [0.29, 0.717) is 70.6 Å². The number of carbonyl (C=O) groups excluding carboxylic acids is 1. The smallest absolute Gasteiger partial charge is 0.267 e. The number of aryl methyl sites for hydroxylation is 1. The molecule has 10 heteroatoms. The van der Waals surface area contributed by atoms with Gasteiger partial charge >= 0.3 is 0 Å². The fraction of sp³-hybridized carbons (Fsp3) is 0.357. The zero-order valence-electron chi connectivity index (χ0n) is 21.7. The van der Waals surface area contributed by atoms with Crippen molar-refractivity contribution in [3.05, 3.63) is 74.8 Å². The number of pyridine rings is 1. The Labute approximate surface area is 230 Å². The van der Waals surface area contributed by atoms with E-state index < -0.39 is 0 Å². The first-order chi connectivity index (χ1) is 18.2. The van der Waals surface area contributed by atoms with Crippen molar-refractivity contribution in [1.82, 2.24) is 14.3 Å². The minimum absolute atomic E-state index is 0.176. The van der Waals surface area contributed by atoms with Crippen molar-refractivity contribution in [2.24, 2.45) is 5.92 Å². The summed E-state index contributed by atoms with van der Waals surface area (Å²) >= 11 is 6.72. The number of nitrogens with zero attached hydrogens (tertiary/aromatic N) is 5. The monoisotopic (exact) mass is 551 g/mol. The Hall–Kier alpha value is -3.24. The van der Waals surface area contributed by atoms with E-state index in [0.717, 1.165) is 12.0 Å². The third kappa shape index (κ3) is 5.19. The summed E-state index contributed by atoms with van der Waals surface area (Å²) in [6.07, 6.45) is 4.25. The largest absolute Gasteiger partial charge is 0.366 e. The maximum Gasteiger partial charge on any atom is 0.267 e. The molecule has 3 aromatic rings. The highest BCUT2D eigenvalue weighted by molar-refractivity contribution is 8.26. The molecule has 0 saturated carbocycles. The van der Waals surface area contributed by atoms with Crippen LogP contribution in [0.2, 0.25) is 0 Å². The zero-order chi connectivity index (χ0) is 27.0. The number of benzene rings is 1. The molecule has 198 valence electrons. The van der Waals surface area contributed by atoms with Gasteiger partial charge in [-0.1, -0.05) is 56.0 Å². The van der Waals surface area contributed by atoms with Crippen LogP contribution in [0.5, 0.6) is 0 Å². The van der Waals surface area contributed by atoms with Crippen molar-refractivity contribution in [2.45, 2.75) is 27.2 Å². The Kier molecular flexibility index (Phi) is 7.54. The van der Waals surface area contributed by atoms with Gasteiger partial charge in [0.15, 0.2) is 0 Å². The Morgan fingerprint density at radius 1 is 1.08 bits per heavy atom. The second kappa shape index (κ2) is 10.9. The predicted octanol–water partition coefficient (Wildman–Crippen LogP) is 4.72.